The van der Waals surface area contributed by atoms with Gasteiger partial charge in [-0.2, -0.15) is 10.1 Å². The molecule has 3 aromatic rings. The van der Waals surface area contributed by atoms with Gasteiger partial charge >= 0.3 is 0 Å². The highest BCUT2D eigenvalue weighted by atomic mass is 16.5. The molecule has 118 valence electrons. The van der Waals surface area contributed by atoms with E-state index < -0.39 is 0 Å². The predicted molar refractivity (Wildman–Crippen MR) is 83.6 cm³/mol. The highest BCUT2D eigenvalue weighted by molar-refractivity contribution is 5.47. The van der Waals surface area contributed by atoms with Crippen LogP contribution in [0.3, 0.4) is 0 Å². The lowest BCUT2D eigenvalue weighted by molar-refractivity contribution is -0.00113. The Bertz CT molecular complexity index is 807. The summed E-state index contributed by atoms with van der Waals surface area (Å²) in [6, 6.07) is 12.2. The zero-order valence-electron chi connectivity index (χ0n) is 13.1. The molecule has 23 heavy (non-hydrogen) atoms. The zero-order valence-corrected chi connectivity index (χ0v) is 13.1. The van der Waals surface area contributed by atoms with Crippen molar-refractivity contribution in [3.05, 3.63) is 53.5 Å². The monoisotopic (exact) mass is 310 g/mol. The van der Waals surface area contributed by atoms with Crippen molar-refractivity contribution in [1.82, 2.24) is 19.9 Å². The van der Waals surface area contributed by atoms with E-state index in [9.17, 15) is 0 Å². The van der Waals surface area contributed by atoms with E-state index in [2.05, 4.69) is 27.4 Å². The lowest BCUT2D eigenvalue weighted by Gasteiger charge is -2.24. The van der Waals surface area contributed by atoms with Gasteiger partial charge < -0.3 is 9.26 Å². The molecule has 1 atom stereocenters. The van der Waals surface area contributed by atoms with Crippen molar-refractivity contribution in [2.45, 2.75) is 39.0 Å². The van der Waals surface area contributed by atoms with Gasteiger partial charge in [-0.1, -0.05) is 49.3 Å². The van der Waals surface area contributed by atoms with E-state index in [1.807, 2.05) is 42.8 Å². The third-order valence-corrected chi connectivity index (χ3v) is 3.98. The van der Waals surface area contributed by atoms with Crippen LogP contribution in [0.5, 0.6) is 0 Å². The Labute approximate surface area is 134 Å². The molecular weight excluding hydrogens is 292 g/mol. The Balaban J connectivity index is 1.60. The topological polar surface area (TPSA) is 66.0 Å². The second kappa shape index (κ2) is 5.62. The van der Waals surface area contributed by atoms with Crippen LogP contribution in [0.1, 0.15) is 43.0 Å². The van der Waals surface area contributed by atoms with E-state index in [0.717, 1.165) is 11.3 Å². The quantitative estimate of drug-likeness (QED) is 0.742. The van der Waals surface area contributed by atoms with Crippen LogP contribution in [-0.2, 0) is 17.9 Å². The molecule has 0 amide bonds. The van der Waals surface area contributed by atoms with E-state index in [0.29, 0.717) is 30.6 Å². The number of ether oxygens (including phenoxy) is 1. The van der Waals surface area contributed by atoms with Crippen molar-refractivity contribution < 1.29 is 9.26 Å². The SMILES string of the molecule is CC(C)c1noc(-c2cc3n(n2)C[C@H](c2ccccc2)OC3)n1. The summed E-state index contributed by atoms with van der Waals surface area (Å²) >= 11 is 0. The molecule has 0 saturated heterocycles. The molecule has 1 aromatic carbocycles. The molecule has 0 unspecified atom stereocenters. The van der Waals surface area contributed by atoms with Crippen molar-refractivity contribution in [3.8, 4) is 11.6 Å². The molecule has 0 N–H and O–H groups in total. The molecule has 4 rings (SSSR count). The maximum atomic E-state index is 5.96. The first kappa shape index (κ1) is 14.1. The van der Waals surface area contributed by atoms with Crippen molar-refractivity contribution in [3.63, 3.8) is 0 Å². The van der Waals surface area contributed by atoms with Gasteiger partial charge in [-0.05, 0) is 11.6 Å². The van der Waals surface area contributed by atoms with Crippen LogP contribution >= 0.6 is 0 Å². The molecular formula is C17H18N4O2. The number of rotatable bonds is 3. The Morgan fingerprint density at radius 3 is 2.78 bits per heavy atom. The van der Waals surface area contributed by atoms with Crippen molar-refractivity contribution in [2.75, 3.05) is 0 Å². The maximum Gasteiger partial charge on any atom is 0.278 e. The molecule has 1 aliphatic rings. The van der Waals surface area contributed by atoms with E-state index in [1.54, 1.807) is 0 Å². The van der Waals surface area contributed by atoms with Crippen molar-refractivity contribution >= 4 is 0 Å². The highest BCUT2D eigenvalue weighted by Crippen LogP contribution is 2.28. The van der Waals surface area contributed by atoms with Gasteiger partial charge in [-0.25, -0.2) is 0 Å². The first-order valence-corrected chi connectivity index (χ1v) is 7.78. The van der Waals surface area contributed by atoms with Crippen LogP contribution in [-0.4, -0.2) is 19.9 Å². The Morgan fingerprint density at radius 1 is 1.22 bits per heavy atom. The summed E-state index contributed by atoms with van der Waals surface area (Å²) in [5.74, 6) is 1.40. The molecule has 0 aliphatic carbocycles. The number of hydrogen-bond acceptors (Lipinski definition) is 5. The molecule has 0 fully saturated rings. The number of hydrogen-bond donors (Lipinski definition) is 0. The zero-order chi connectivity index (χ0) is 15.8. The van der Waals surface area contributed by atoms with Crippen LogP contribution in [0.2, 0.25) is 0 Å². The average Bonchev–Trinajstić information content (AvgIpc) is 3.21. The van der Waals surface area contributed by atoms with Crippen molar-refractivity contribution in [1.29, 1.82) is 0 Å². The molecule has 0 bridgehead atoms. The summed E-state index contributed by atoms with van der Waals surface area (Å²) < 4.78 is 13.2. The highest BCUT2D eigenvalue weighted by Gasteiger charge is 2.24. The second-order valence-electron chi connectivity index (χ2n) is 6.03. The summed E-state index contributed by atoms with van der Waals surface area (Å²) in [4.78, 5) is 4.41. The number of fused-ring (bicyclic) bond motifs is 1. The molecule has 3 heterocycles. The molecule has 1 aliphatic heterocycles. The fraction of sp³-hybridized carbons (Fsp3) is 0.353. The van der Waals surface area contributed by atoms with Gasteiger partial charge in [0.15, 0.2) is 11.5 Å². The third-order valence-electron chi connectivity index (χ3n) is 3.98. The number of nitrogens with zero attached hydrogens (tertiary/aromatic N) is 4. The minimum Gasteiger partial charge on any atom is -0.365 e. The molecule has 6 heteroatoms. The molecule has 0 saturated carbocycles. The van der Waals surface area contributed by atoms with Gasteiger partial charge in [0.2, 0.25) is 0 Å². The maximum absolute atomic E-state index is 5.96. The first-order chi connectivity index (χ1) is 11.2. The van der Waals surface area contributed by atoms with Crippen LogP contribution in [0.25, 0.3) is 11.6 Å². The van der Waals surface area contributed by atoms with Gasteiger partial charge in [0.25, 0.3) is 5.89 Å². The number of aromatic nitrogens is 4. The van der Waals surface area contributed by atoms with Gasteiger partial charge in [0, 0.05) is 5.92 Å². The Morgan fingerprint density at radius 2 is 2.04 bits per heavy atom. The minimum absolute atomic E-state index is 0.0189. The molecule has 0 radical (unpaired) electrons. The average molecular weight is 310 g/mol. The van der Waals surface area contributed by atoms with Gasteiger partial charge in [-0.15, -0.1) is 0 Å². The summed E-state index contributed by atoms with van der Waals surface area (Å²) in [7, 11) is 0. The Hall–Kier alpha value is -2.47. The molecule has 6 nitrogen and oxygen atoms in total. The van der Waals surface area contributed by atoms with Crippen LogP contribution < -0.4 is 0 Å². The first-order valence-electron chi connectivity index (χ1n) is 7.78. The molecule has 2 aromatic heterocycles. The van der Waals surface area contributed by atoms with Crippen LogP contribution in [0, 0.1) is 0 Å². The van der Waals surface area contributed by atoms with Gasteiger partial charge in [0.1, 0.15) is 6.10 Å². The van der Waals surface area contributed by atoms with E-state index >= 15 is 0 Å². The minimum atomic E-state index is 0.0189. The van der Waals surface area contributed by atoms with E-state index in [-0.39, 0.29) is 12.0 Å². The number of benzene rings is 1. The largest absolute Gasteiger partial charge is 0.365 e. The van der Waals surface area contributed by atoms with Crippen LogP contribution in [0.15, 0.2) is 40.9 Å². The van der Waals surface area contributed by atoms with Gasteiger partial charge in [0.05, 0.1) is 18.8 Å². The van der Waals surface area contributed by atoms with Crippen LogP contribution in [0.4, 0.5) is 0 Å². The Kier molecular flexibility index (Phi) is 3.46. The summed E-state index contributed by atoms with van der Waals surface area (Å²) in [5.41, 5.74) is 2.89. The fourth-order valence-electron chi connectivity index (χ4n) is 2.67. The van der Waals surface area contributed by atoms with Crippen molar-refractivity contribution in [2.24, 2.45) is 0 Å². The van der Waals surface area contributed by atoms with E-state index in [1.165, 1.54) is 0 Å². The van der Waals surface area contributed by atoms with Gasteiger partial charge in [-0.3, -0.25) is 4.68 Å². The fourth-order valence-corrected chi connectivity index (χ4v) is 2.67. The normalized spacial score (nSPS) is 17.4. The predicted octanol–water partition coefficient (Wildman–Crippen LogP) is 3.33. The lowest BCUT2D eigenvalue weighted by Crippen LogP contribution is -2.21. The molecule has 0 spiro atoms. The van der Waals surface area contributed by atoms with E-state index in [4.69, 9.17) is 9.26 Å². The second-order valence-corrected chi connectivity index (χ2v) is 6.03. The smallest absolute Gasteiger partial charge is 0.278 e. The summed E-state index contributed by atoms with van der Waals surface area (Å²) in [6.45, 7) is 5.28. The third kappa shape index (κ3) is 2.66. The summed E-state index contributed by atoms with van der Waals surface area (Å²) in [5, 5.41) is 8.60. The standard InChI is InChI=1S/C17H18N4O2/c1-11(2)16-18-17(23-20-16)14-8-13-10-22-15(9-21(13)19-14)12-6-4-3-5-7-12/h3-8,11,15H,9-10H2,1-2H3/t15-/m1/s1. The lowest BCUT2D eigenvalue weighted by atomic mass is 10.1. The summed E-state index contributed by atoms with van der Waals surface area (Å²) in [6.07, 6.45) is 0.0189.